The van der Waals surface area contributed by atoms with E-state index in [1.54, 1.807) is 42.5 Å². The minimum absolute atomic E-state index is 0.274. The molecule has 1 heterocycles. The topological polar surface area (TPSA) is 84.9 Å². The number of carbonyl (C=O) groups excluding carboxylic acids is 1. The zero-order valence-corrected chi connectivity index (χ0v) is 19.7. The number of rotatable bonds is 9. The van der Waals surface area contributed by atoms with Gasteiger partial charge < -0.3 is 14.8 Å². The number of sulfonamides is 1. The molecule has 2 aromatic carbocycles. The highest BCUT2D eigenvalue weighted by Gasteiger charge is 2.26. The average Bonchev–Trinajstić information content (AvgIpc) is 3.33. The van der Waals surface area contributed by atoms with E-state index in [-0.39, 0.29) is 17.3 Å². The molecule has 0 bridgehead atoms. The highest BCUT2D eigenvalue weighted by atomic mass is 35.5. The Morgan fingerprint density at radius 2 is 1.88 bits per heavy atom. The molecule has 1 fully saturated rings. The lowest BCUT2D eigenvalue weighted by atomic mass is 10.2. The molecule has 9 heteroatoms. The van der Waals surface area contributed by atoms with E-state index in [0.717, 1.165) is 18.4 Å². The molecule has 3 rings (SSSR count). The molecule has 1 saturated heterocycles. The second-order valence-electron chi connectivity index (χ2n) is 7.27. The fraction of sp³-hybridized carbons (Fsp3) is 0.348. The molecule has 1 aliphatic rings. The molecule has 0 saturated carbocycles. The molecular weight excluding hydrogens is 452 g/mol. The van der Waals surface area contributed by atoms with Crippen molar-refractivity contribution in [1.82, 2.24) is 9.62 Å². The third-order valence-corrected chi connectivity index (χ3v) is 7.25. The molecule has 0 unspecified atom stereocenters. The number of hydrogen-bond acceptors (Lipinski definition) is 5. The molecule has 7 nitrogen and oxygen atoms in total. The number of nitrogens with zero attached hydrogens (tertiary/aromatic N) is 1. The molecule has 0 aromatic heterocycles. The molecule has 2 aromatic rings. The summed E-state index contributed by atoms with van der Waals surface area (Å²) in [6.45, 7) is 3.73. The van der Waals surface area contributed by atoms with E-state index < -0.39 is 10.0 Å². The van der Waals surface area contributed by atoms with Gasteiger partial charge in [0.15, 0.2) is 11.5 Å². The number of nitrogens with one attached hydrogen (secondary N) is 1. The van der Waals surface area contributed by atoms with Crippen molar-refractivity contribution in [3.05, 3.63) is 58.6 Å². The van der Waals surface area contributed by atoms with E-state index in [9.17, 15) is 13.2 Å². The van der Waals surface area contributed by atoms with Crippen LogP contribution in [0.3, 0.4) is 0 Å². The Labute approximate surface area is 194 Å². The maximum absolute atomic E-state index is 12.6. The van der Waals surface area contributed by atoms with Crippen molar-refractivity contribution >= 4 is 33.6 Å². The molecule has 32 heavy (non-hydrogen) atoms. The second-order valence-corrected chi connectivity index (χ2v) is 9.62. The largest absolute Gasteiger partial charge is 0.491 e. The normalized spacial score (nSPS) is 14.6. The van der Waals surface area contributed by atoms with Gasteiger partial charge in [0.2, 0.25) is 15.9 Å². The number of hydrogen-bond donors (Lipinski definition) is 1. The van der Waals surface area contributed by atoms with Crippen molar-refractivity contribution in [2.45, 2.75) is 31.2 Å². The van der Waals surface area contributed by atoms with Crippen molar-refractivity contribution < 1.29 is 22.7 Å². The van der Waals surface area contributed by atoms with Crippen molar-refractivity contribution in [3.8, 4) is 11.5 Å². The zero-order valence-electron chi connectivity index (χ0n) is 18.1. The summed E-state index contributed by atoms with van der Waals surface area (Å²) < 4.78 is 37.5. The Morgan fingerprint density at radius 1 is 1.19 bits per heavy atom. The van der Waals surface area contributed by atoms with Gasteiger partial charge in [-0.1, -0.05) is 23.7 Å². The van der Waals surface area contributed by atoms with Gasteiger partial charge in [-0.2, -0.15) is 4.31 Å². The number of ether oxygens (including phenoxy) is 2. The number of benzene rings is 2. The smallest absolute Gasteiger partial charge is 0.244 e. The van der Waals surface area contributed by atoms with Gasteiger partial charge >= 0.3 is 0 Å². The lowest BCUT2D eigenvalue weighted by molar-refractivity contribution is -0.116. The maximum Gasteiger partial charge on any atom is 0.244 e. The fourth-order valence-electron chi connectivity index (χ4n) is 3.42. The van der Waals surface area contributed by atoms with Crippen molar-refractivity contribution in [1.29, 1.82) is 0 Å². The van der Waals surface area contributed by atoms with Gasteiger partial charge in [0, 0.05) is 25.7 Å². The van der Waals surface area contributed by atoms with Crippen LogP contribution in [0.25, 0.3) is 6.08 Å². The molecule has 0 spiro atoms. The van der Waals surface area contributed by atoms with E-state index in [2.05, 4.69) is 5.32 Å². The Morgan fingerprint density at radius 3 is 2.50 bits per heavy atom. The summed E-state index contributed by atoms with van der Waals surface area (Å²) in [5.41, 5.74) is 1.50. The molecule has 0 atom stereocenters. The highest BCUT2D eigenvalue weighted by Crippen LogP contribution is 2.36. The van der Waals surface area contributed by atoms with Gasteiger partial charge in [-0.05, 0) is 61.2 Å². The molecule has 0 radical (unpaired) electrons. The van der Waals surface area contributed by atoms with Gasteiger partial charge in [-0.25, -0.2) is 8.42 Å². The summed E-state index contributed by atoms with van der Waals surface area (Å²) >= 11 is 6.23. The lowest BCUT2D eigenvalue weighted by Gasteiger charge is -2.15. The molecule has 0 aliphatic carbocycles. The molecule has 172 valence electrons. The predicted octanol–water partition coefficient (Wildman–Crippen LogP) is 3.86. The first kappa shape index (κ1) is 24.1. The van der Waals surface area contributed by atoms with Gasteiger partial charge in [-0.15, -0.1) is 0 Å². The molecule has 1 amide bonds. The number of methoxy groups -OCH3 is 1. The Bertz CT molecular complexity index is 1080. The number of halogens is 1. The van der Waals surface area contributed by atoms with Crippen LogP contribution in [0, 0.1) is 0 Å². The van der Waals surface area contributed by atoms with E-state index in [1.807, 2.05) is 6.92 Å². The monoisotopic (exact) mass is 478 g/mol. The summed E-state index contributed by atoms with van der Waals surface area (Å²) in [5.74, 6) is 0.667. The quantitative estimate of drug-likeness (QED) is 0.553. The highest BCUT2D eigenvalue weighted by molar-refractivity contribution is 7.89. The van der Waals surface area contributed by atoms with Gasteiger partial charge in [0.1, 0.15) is 0 Å². The predicted molar refractivity (Wildman–Crippen MR) is 124 cm³/mol. The van der Waals surface area contributed by atoms with Crippen LogP contribution in [-0.4, -0.2) is 45.4 Å². The summed E-state index contributed by atoms with van der Waals surface area (Å²) in [5, 5.41) is 3.18. The Kier molecular flexibility index (Phi) is 8.17. The summed E-state index contributed by atoms with van der Waals surface area (Å²) in [4.78, 5) is 12.5. The van der Waals surface area contributed by atoms with Crippen LogP contribution in [0.5, 0.6) is 11.5 Å². The molecular formula is C23H27ClN2O5S. The molecule has 1 N–H and O–H groups in total. The first-order valence-electron chi connectivity index (χ1n) is 10.4. The number of amides is 1. The van der Waals surface area contributed by atoms with Crippen LogP contribution < -0.4 is 14.8 Å². The van der Waals surface area contributed by atoms with Gasteiger partial charge in [0.05, 0.1) is 23.6 Å². The summed E-state index contributed by atoms with van der Waals surface area (Å²) in [6, 6.07) is 10.0. The summed E-state index contributed by atoms with van der Waals surface area (Å²) in [6.07, 6.45) is 4.83. The van der Waals surface area contributed by atoms with E-state index >= 15 is 0 Å². The van der Waals surface area contributed by atoms with Crippen LogP contribution >= 0.6 is 11.6 Å². The minimum Gasteiger partial charge on any atom is -0.491 e. The average molecular weight is 479 g/mol. The fourth-order valence-corrected chi connectivity index (χ4v) is 5.24. The Hall–Kier alpha value is -2.55. The third-order valence-electron chi connectivity index (χ3n) is 5.06. The van der Waals surface area contributed by atoms with Crippen molar-refractivity contribution in [2.24, 2.45) is 0 Å². The van der Waals surface area contributed by atoms with Crippen molar-refractivity contribution in [2.75, 3.05) is 26.8 Å². The lowest BCUT2D eigenvalue weighted by Crippen LogP contribution is -2.27. The minimum atomic E-state index is -3.44. The van der Waals surface area contributed by atoms with Crippen LogP contribution in [-0.2, 0) is 21.4 Å². The van der Waals surface area contributed by atoms with Crippen LogP contribution in [0.15, 0.2) is 47.4 Å². The van der Waals surface area contributed by atoms with Crippen molar-refractivity contribution in [3.63, 3.8) is 0 Å². The first-order chi connectivity index (χ1) is 15.3. The first-order valence-corrected chi connectivity index (χ1v) is 12.2. The van der Waals surface area contributed by atoms with Gasteiger partial charge in [-0.3, -0.25) is 4.79 Å². The SMILES string of the molecule is CCOc1cc(/C=C/C(=O)NCc2ccc(S(=O)(=O)N3CCCC3)cc2)cc(Cl)c1OC. The maximum atomic E-state index is 12.6. The summed E-state index contributed by atoms with van der Waals surface area (Å²) in [7, 11) is -1.92. The van der Waals surface area contributed by atoms with E-state index in [0.29, 0.717) is 41.8 Å². The van der Waals surface area contributed by atoms with Gasteiger partial charge in [0.25, 0.3) is 0 Å². The van der Waals surface area contributed by atoms with E-state index in [4.69, 9.17) is 21.1 Å². The van der Waals surface area contributed by atoms with Crippen LogP contribution in [0.2, 0.25) is 5.02 Å². The second kappa shape index (κ2) is 10.8. The van der Waals surface area contributed by atoms with E-state index in [1.165, 1.54) is 17.5 Å². The van der Waals surface area contributed by atoms with Crippen LogP contribution in [0.4, 0.5) is 0 Å². The standard InChI is InChI=1S/C23H27ClN2O5S/c1-3-31-21-15-18(14-20(24)23(21)30-2)8-11-22(27)25-16-17-6-9-19(10-7-17)32(28,29)26-12-4-5-13-26/h6-11,14-15H,3-5,12-13,16H2,1-2H3,(H,25,27)/b11-8+. The van der Waals surface area contributed by atoms with Crippen LogP contribution in [0.1, 0.15) is 30.9 Å². The number of carbonyl (C=O) groups is 1. The third kappa shape index (κ3) is 5.82. The Balaban J connectivity index is 1.59. The molecule has 1 aliphatic heterocycles. The zero-order chi connectivity index (χ0) is 23.1.